The number of benzene rings is 2. The number of nitrogens with one attached hydrogen (secondary N) is 1. The standard InChI is InChI=1S/C18H17N3O3/c1-19-17(22)13-6-4-7-14(11-13)18(23)24-10-9-21-16-8-3-2-5-15(16)12-20-21/h2-8,11-12H,9-10H2,1H3,(H,19,22). The minimum Gasteiger partial charge on any atom is -0.460 e. The van der Waals surface area contributed by atoms with Gasteiger partial charge in [-0.2, -0.15) is 5.10 Å². The second-order valence-corrected chi connectivity index (χ2v) is 5.22. The van der Waals surface area contributed by atoms with Gasteiger partial charge in [0.25, 0.3) is 5.91 Å². The number of hydrogen-bond donors (Lipinski definition) is 1. The first-order valence-corrected chi connectivity index (χ1v) is 7.59. The number of para-hydroxylation sites is 1. The van der Waals surface area contributed by atoms with Crippen LogP contribution >= 0.6 is 0 Å². The molecule has 0 fully saturated rings. The van der Waals surface area contributed by atoms with E-state index in [1.165, 1.54) is 6.07 Å². The minimum atomic E-state index is -0.461. The summed E-state index contributed by atoms with van der Waals surface area (Å²) in [5.74, 6) is -0.704. The third-order valence-electron chi connectivity index (χ3n) is 3.67. The van der Waals surface area contributed by atoms with E-state index in [-0.39, 0.29) is 12.5 Å². The number of rotatable bonds is 5. The second kappa shape index (κ2) is 6.95. The van der Waals surface area contributed by atoms with Crippen molar-refractivity contribution in [2.75, 3.05) is 13.7 Å². The minimum absolute atomic E-state index is 0.203. The molecule has 0 atom stereocenters. The van der Waals surface area contributed by atoms with Crippen LogP contribution in [0, 0.1) is 0 Å². The van der Waals surface area contributed by atoms with Crippen LogP contribution in [0.3, 0.4) is 0 Å². The van der Waals surface area contributed by atoms with Crippen LogP contribution in [0.1, 0.15) is 20.7 Å². The van der Waals surface area contributed by atoms with Crippen molar-refractivity contribution in [1.29, 1.82) is 0 Å². The van der Waals surface area contributed by atoms with Crippen molar-refractivity contribution in [2.45, 2.75) is 6.54 Å². The molecule has 1 N–H and O–H groups in total. The van der Waals surface area contributed by atoms with E-state index >= 15 is 0 Å². The van der Waals surface area contributed by atoms with Crippen molar-refractivity contribution >= 4 is 22.8 Å². The Balaban J connectivity index is 1.62. The summed E-state index contributed by atoms with van der Waals surface area (Å²) in [6, 6.07) is 14.3. The van der Waals surface area contributed by atoms with E-state index in [1.807, 2.05) is 24.3 Å². The van der Waals surface area contributed by atoms with Gasteiger partial charge in [-0.3, -0.25) is 9.48 Å². The number of carbonyl (C=O) groups is 2. The fraction of sp³-hybridized carbons (Fsp3) is 0.167. The third-order valence-corrected chi connectivity index (χ3v) is 3.67. The Labute approximate surface area is 139 Å². The van der Waals surface area contributed by atoms with Crippen molar-refractivity contribution in [3.8, 4) is 0 Å². The van der Waals surface area contributed by atoms with Crippen LogP contribution < -0.4 is 5.32 Å². The Hall–Kier alpha value is -3.15. The number of hydrogen-bond acceptors (Lipinski definition) is 4. The van der Waals surface area contributed by atoms with Gasteiger partial charge in [-0.05, 0) is 24.3 Å². The highest BCUT2D eigenvalue weighted by molar-refractivity contribution is 5.97. The Morgan fingerprint density at radius 2 is 1.92 bits per heavy atom. The molecule has 1 aromatic heterocycles. The molecule has 0 bridgehead atoms. The van der Waals surface area contributed by atoms with Gasteiger partial charge in [-0.15, -0.1) is 0 Å². The van der Waals surface area contributed by atoms with Crippen molar-refractivity contribution in [3.05, 3.63) is 65.9 Å². The topological polar surface area (TPSA) is 73.2 Å². The number of aromatic nitrogens is 2. The lowest BCUT2D eigenvalue weighted by Gasteiger charge is -2.07. The fourth-order valence-electron chi connectivity index (χ4n) is 2.44. The van der Waals surface area contributed by atoms with Gasteiger partial charge < -0.3 is 10.1 Å². The van der Waals surface area contributed by atoms with Crippen LogP contribution in [-0.4, -0.2) is 35.3 Å². The molecule has 1 amide bonds. The van der Waals surface area contributed by atoms with Crippen LogP contribution in [0.2, 0.25) is 0 Å². The summed E-state index contributed by atoms with van der Waals surface area (Å²) in [7, 11) is 1.54. The maximum atomic E-state index is 12.1. The lowest BCUT2D eigenvalue weighted by Crippen LogP contribution is -2.18. The summed E-state index contributed by atoms with van der Waals surface area (Å²) in [6.07, 6.45) is 1.78. The summed E-state index contributed by atoms with van der Waals surface area (Å²) in [5.41, 5.74) is 1.77. The Bertz CT molecular complexity index is 886. The van der Waals surface area contributed by atoms with E-state index in [9.17, 15) is 9.59 Å². The lowest BCUT2D eigenvalue weighted by atomic mass is 10.1. The fourth-order valence-corrected chi connectivity index (χ4v) is 2.44. The molecule has 122 valence electrons. The molecule has 0 unspecified atom stereocenters. The van der Waals surface area contributed by atoms with Gasteiger partial charge in [0.15, 0.2) is 0 Å². The highest BCUT2D eigenvalue weighted by atomic mass is 16.5. The van der Waals surface area contributed by atoms with E-state index in [2.05, 4.69) is 10.4 Å². The molecule has 6 nitrogen and oxygen atoms in total. The molecule has 0 aliphatic carbocycles. The van der Waals surface area contributed by atoms with Crippen LogP contribution in [0.25, 0.3) is 10.9 Å². The molecular formula is C18H17N3O3. The van der Waals surface area contributed by atoms with Crippen molar-refractivity contribution in [2.24, 2.45) is 0 Å². The molecule has 1 heterocycles. The van der Waals surface area contributed by atoms with Crippen molar-refractivity contribution in [3.63, 3.8) is 0 Å². The van der Waals surface area contributed by atoms with Gasteiger partial charge in [0.1, 0.15) is 6.61 Å². The Kier molecular flexibility index (Phi) is 4.56. The molecule has 0 saturated heterocycles. The number of fused-ring (bicyclic) bond motifs is 1. The van der Waals surface area contributed by atoms with E-state index in [4.69, 9.17) is 4.74 Å². The van der Waals surface area contributed by atoms with Crippen LogP contribution in [-0.2, 0) is 11.3 Å². The van der Waals surface area contributed by atoms with Crippen LogP contribution in [0.5, 0.6) is 0 Å². The SMILES string of the molecule is CNC(=O)c1cccc(C(=O)OCCn2ncc3ccccc32)c1. The molecule has 3 aromatic rings. The molecule has 0 spiro atoms. The average Bonchev–Trinajstić information content (AvgIpc) is 3.04. The summed E-state index contributed by atoms with van der Waals surface area (Å²) in [6.45, 7) is 0.670. The highest BCUT2D eigenvalue weighted by Crippen LogP contribution is 2.12. The normalized spacial score (nSPS) is 10.5. The summed E-state index contributed by atoms with van der Waals surface area (Å²) < 4.78 is 7.08. The van der Waals surface area contributed by atoms with Gasteiger partial charge in [0, 0.05) is 18.0 Å². The smallest absolute Gasteiger partial charge is 0.338 e. The van der Waals surface area contributed by atoms with Gasteiger partial charge in [0.05, 0.1) is 23.8 Å². The van der Waals surface area contributed by atoms with Crippen LogP contribution in [0.15, 0.2) is 54.7 Å². The zero-order valence-corrected chi connectivity index (χ0v) is 13.2. The van der Waals surface area contributed by atoms with Crippen LogP contribution in [0.4, 0.5) is 0 Å². The first kappa shape index (κ1) is 15.7. The molecule has 0 radical (unpaired) electrons. The highest BCUT2D eigenvalue weighted by Gasteiger charge is 2.11. The van der Waals surface area contributed by atoms with E-state index in [1.54, 1.807) is 36.1 Å². The monoisotopic (exact) mass is 323 g/mol. The quantitative estimate of drug-likeness (QED) is 0.731. The molecule has 0 aliphatic heterocycles. The second-order valence-electron chi connectivity index (χ2n) is 5.22. The first-order valence-electron chi connectivity index (χ1n) is 7.59. The summed E-state index contributed by atoms with van der Waals surface area (Å²) >= 11 is 0. The van der Waals surface area contributed by atoms with E-state index in [0.717, 1.165) is 10.9 Å². The predicted octanol–water partition coefficient (Wildman–Crippen LogP) is 2.25. The molecule has 0 saturated carbocycles. The molecule has 24 heavy (non-hydrogen) atoms. The zero-order valence-electron chi connectivity index (χ0n) is 13.2. The maximum absolute atomic E-state index is 12.1. The van der Waals surface area contributed by atoms with Crippen molar-refractivity contribution < 1.29 is 14.3 Å². The lowest BCUT2D eigenvalue weighted by molar-refractivity contribution is 0.0489. The Morgan fingerprint density at radius 3 is 2.75 bits per heavy atom. The molecule has 2 aromatic carbocycles. The Morgan fingerprint density at radius 1 is 1.12 bits per heavy atom. The molecule has 6 heteroatoms. The van der Waals surface area contributed by atoms with E-state index in [0.29, 0.717) is 17.7 Å². The number of nitrogens with zero attached hydrogens (tertiary/aromatic N) is 2. The maximum Gasteiger partial charge on any atom is 0.338 e. The molecule has 3 rings (SSSR count). The number of amides is 1. The van der Waals surface area contributed by atoms with Gasteiger partial charge >= 0.3 is 5.97 Å². The summed E-state index contributed by atoms with van der Waals surface area (Å²) in [4.78, 5) is 23.7. The summed E-state index contributed by atoms with van der Waals surface area (Å²) in [5, 5.41) is 7.85. The van der Waals surface area contributed by atoms with Gasteiger partial charge in [-0.1, -0.05) is 24.3 Å². The first-order chi connectivity index (χ1) is 11.7. The average molecular weight is 323 g/mol. The largest absolute Gasteiger partial charge is 0.460 e. The zero-order chi connectivity index (χ0) is 16.9. The predicted molar refractivity (Wildman–Crippen MR) is 89.8 cm³/mol. The number of ether oxygens (including phenoxy) is 1. The number of carbonyl (C=O) groups excluding carboxylic acids is 2. The molecule has 0 aliphatic rings. The van der Waals surface area contributed by atoms with Gasteiger partial charge in [0.2, 0.25) is 0 Å². The van der Waals surface area contributed by atoms with Crippen molar-refractivity contribution in [1.82, 2.24) is 15.1 Å². The molecular weight excluding hydrogens is 306 g/mol. The number of esters is 1. The third kappa shape index (κ3) is 3.27. The van der Waals surface area contributed by atoms with E-state index < -0.39 is 5.97 Å². The van der Waals surface area contributed by atoms with Gasteiger partial charge in [-0.25, -0.2) is 4.79 Å².